The Hall–Kier alpha value is -2.79. The molecule has 0 aliphatic heterocycles. The smallest absolute Gasteiger partial charge is 0.307 e. The summed E-state index contributed by atoms with van der Waals surface area (Å²) < 4.78 is 6.82. The maximum Gasteiger partial charge on any atom is 0.307 e. The Morgan fingerprint density at radius 2 is 1.92 bits per heavy atom. The average molecular weight is 358 g/mol. The Labute approximate surface area is 149 Å². The molecule has 0 bridgehead atoms. The lowest BCUT2D eigenvalue weighted by Crippen LogP contribution is -2.14. The molecule has 0 aliphatic rings. The largest absolute Gasteiger partial charge is 0.497 e. The SMILES string of the molecule is COc1ccc2c(c1)cc(C)n2C(=O)c1ccc(Cl)c(CC(=O)O)c1. The zero-order valence-corrected chi connectivity index (χ0v) is 14.5. The van der Waals surface area contributed by atoms with Crippen LogP contribution in [0.5, 0.6) is 5.75 Å². The molecular weight excluding hydrogens is 342 g/mol. The van der Waals surface area contributed by atoms with Crippen molar-refractivity contribution in [3.63, 3.8) is 0 Å². The second kappa shape index (κ2) is 6.61. The number of fused-ring (bicyclic) bond motifs is 1. The lowest BCUT2D eigenvalue weighted by molar-refractivity contribution is -0.136. The van der Waals surface area contributed by atoms with Crippen LogP contribution in [-0.4, -0.2) is 28.7 Å². The number of hydrogen-bond donors (Lipinski definition) is 1. The van der Waals surface area contributed by atoms with Crippen LogP contribution in [0.1, 0.15) is 21.6 Å². The first kappa shape index (κ1) is 17.0. The van der Waals surface area contributed by atoms with Crippen molar-refractivity contribution >= 4 is 34.4 Å². The summed E-state index contributed by atoms with van der Waals surface area (Å²) in [7, 11) is 1.59. The van der Waals surface area contributed by atoms with Gasteiger partial charge >= 0.3 is 5.97 Å². The van der Waals surface area contributed by atoms with Gasteiger partial charge in [-0.05, 0) is 55.0 Å². The van der Waals surface area contributed by atoms with Gasteiger partial charge in [-0.1, -0.05) is 11.6 Å². The highest BCUT2D eigenvalue weighted by Gasteiger charge is 2.17. The third kappa shape index (κ3) is 3.23. The van der Waals surface area contributed by atoms with Gasteiger partial charge in [-0.2, -0.15) is 0 Å². The summed E-state index contributed by atoms with van der Waals surface area (Å²) in [5, 5.41) is 10.2. The molecule has 0 atom stereocenters. The Kier molecular flexibility index (Phi) is 4.51. The minimum Gasteiger partial charge on any atom is -0.497 e. The van der Waals surface area contributed by atoms with E-state index >= 15 is 0 Å². The van der Waals surface area contributed by atoms with Crippen LogP contribution in [0, 0.1) is 6.92 Å². The maximum absolute atomic E-state index is 13.0. The van der Waals surface area contributed by atoms with E-state index in [1.165, 1.54) is 6.07 Å². The molecule has 2 aromatic carbocycles. The summed E-state index contributed by atoms with van der Waals surface area (Å²) in [6.45, 7) is 1.85. The fraction of sp³-hybridized carbons (Fsp3) is 0.158. The van der Waals surface area contributed by atoms with Gasteiger partial charge in [-0.3, -0.25) is 14.2 Å². The van der Waals surface area contributed by atoms with Gasteiger partial charge in [0.05, 0.1) is 19.0 Å². The van der Waals surface area contributed by atoms with Crippen LogP contribution in [0.15, 0.2) is 42.5 Å². The number of aryl methyl sites for hydroxylation is 1. The first-order chi connectivity index (χ1) is 11.9. The number of halogens is 1. The fourth-order valence-electron chi connectivity index (χ4n) is 2.86. The fourth-order valence-corrected chi connectivity index (χ4v) is 3.05. The Morgan fingerprint density at radius 1 is 1.16 bits per heavy atom. The minimum absolute atomic E-state index is 0.234. The molecule has 5 nitrogen and oxygen atoms in total. The van der Waals surface area contributed by atoms with Crippen LogP contribution in [0.2, 0.25) is 5.02 Å². The first-order valence-corrected chi connectivity index (χ1v) is 7.99. The van der Waals surface area contributed by atoms with E-state index in [0.29, 0.717) is 21.9 Å². The van der Waals surface area contributed by atoms with Gasteiger partial charge in [0.15, 0.2) is 0 Å². The second-order valence-electron chi connectivity index (χ2n) is 5.73. The van der Waals surface area contributed by atoms with Crippen LogP contribution in [-0.2, 0) is 11.2 Å². The highest BCUT2D eigenvalue weighted by atomic mass is 35.5. The van der Waals surface area contributed by atoms with E-state index in [1.807, 2.05) is 25.1 Å². The molecule has 0 fully saturated rings. The van der Waals surface area contributed by atoms with Crippen LogP contribution < -0.4 is 4.74 Å². The topological polar surface area (TPSA) is 68.5 Å². The van der Waals surface area contributed by atoms with Crippen molar-refractivity contribution < 1.29 is 19.4 Å². The standard InChI is InChI=1S/C19H16ClNO4/c1-11-7-14-9-15(25-2)4-6-17(14)21(11)19(24)12-3-5-16(20)13(8-12)10-18(22)23/h3-9H,10H2,1-2H3,(H,22,23). The second-order valence-corrected chi connectivity index (χ2v) is 6.13. The van der Waals surface area contributed by atoms with E-state index in [4.69, 9.17) is 21.4 Å². The molecule has 3 rings (SSSR count). The molecular formula is C19H16ClNO4. The minimum atomic E-state index is -0.999. The monoisotopic (exact) mass is 357 g/mol. The number of hydrogen-bond acceptors (Lipinski definition) is 3. The third-order valence-electron chi connectivity index (χ3n) is 4.03. The van der Waals surface area contributed by atoms with Crippen molar-refractivity contribution in [2.45, 2.75) is 13.3 Å². The lowest BCUT2D eigenvalue weighted by atomic mass is 10.1. The molecule has 25 heavy (non-hydrogen) atoms. The van der Waals surface area contributed by atoms with E-state index in [1.54, 1.807) is 29.9 Å². The van der Waals surface area contributed by atoms with Crippen molar-refractivity contribution in [3.8, 4) is 5.75 Å². The van der Waals surface area contributed by atoms with E-state index in [0.717, 1.165) is 16.6 Å². The zero-order chi connectivity index (χ0) is 18.1. The summed E-state index contributed by atoms with van der Waals surface area (Å²) in [5.41, 5.74) is 2.34. The number of aliphatic carboxylic acids is 1. The maximum atomic E-state index is 13.0. The molecule has 0 saturated carbocycles. The predicted molar refractivity (Wildman–Crippen MR) is 95.7 cm³/mol. The van der Waals surface area contributed by atoms with E-state index in [2.05, 4.69) is 0 Å². The van der Waals surface area contributed by atoms with Gasteiger partial charge in [0, 0.05) is 21.7 Å². The Bertz CT molecular complexity index is 990. The van der Waals surface area contributed by atoms with Crippen LogP contribution in [0.4, 0.5) is 0 Å². The highest BCUT2D eigenvalue weighted by Crippen LogP contribution is 2.26. The van der Waals surface area contributed by atoms with E-state index in [-0.39, 0.29) is 12.3 Å². The molecule has 1 heterocycles. The number of nitrogens with zero attached hydrogens (tertiary/aromatic N) is 1. The molecule has 0 amide bonds. The molecule has 0 unspecified atom stereocenters. The van der Waals surface area contributed by atoms with Gasteiger partial charge < -0.3 is 9.84 Å². The van der Waals surface area contributed by atoms with Crippen molar-refractivity contribution in [1.82, 2.24) is 4.57 Å². The normalized spacial score (nSPS) is 10.8. The number of methoxy groups -OCH3 is 1. The average Bonchev–Trinajstić information content (AvgIpc) is 2.90. The highest BCUT2D eigenvalue weighted by molar-refractivity contribution is 6.31. The molecule has 6 heteroatoms. The van der Waals surface area contributed by atoms with Crippen molar-refractivity contribution in [3.05, 3.63) is 64.3 Å². The van der Waals surface area contributed by atoms with Crippen LogP contribution in [0.25, 0.3) is 10.9 Å². The van der Waals surface area contributed by atoms with Crippen LogP contribution >= 0.6 is 11.6 Å². The lowest BCUT2D eigenvalue weighted by Gasteiger charge is -2.09. The van der Waals surface area contributed by atoms with Gasteiger partial charge in [0.2, 0.25) is 0 Å². The number of rotatable bonds is 4. The summed E-state index contributed by atoms with van der Waals surface area (Å²) in [4.78, 5) is 23.9. The molecule has 1 aromatic heterocycles. The van der Waals surface area contributed by atoms with Gasteiger partial charge in [-0.25, -0.2) is 0 Å². The predicted octanol–water partition coefficient (Wildman–Crippen LogP) is 3.93. The molecule has 1 N–H and O–H groups in total. The number of carboxylic acid groups (broad SMARTS) is 1. The van der Waals surface area contributed by atoms with Crippen molar-refractivity contribution in [2.24, 2.45) is 0 Å². The molecule has 0 aliphatic carbocycles. The van der Waals surface area contributed by atoms with Gasteiger partial charge in [0.1, 0.15) is 5.75 Å². The van der Waals surface area contributed by atoms with Crippen LogP contribution in [0.3, 0.4) is 0 Å². The molecule has 0 spiro atoms. The van der Waals surface area contributed by atoms with Crippen molar-refractivity contribution in [2.75, 3.05) is 7.11 Å². The molecule has 0 saturated heterocycles. The number of carbonyl (C=O) groups excluding carboxylic acids is 1. The number of ether oxygens (including phenoxy) is 1. The van der Waals surface area contributed by atoms with Crippen molar-refractivity contribution in [1.29, 1.82) is 0 Å². The quantitative estimate of drug-likeness (QED) is 0.768. The van der Waals surface area contributed by atoms with E-state index in [9.17, 15) is 9.59 Å². The third-order valence-corrected chi connectivity index (χ3v) is 4.40. The summed E-state index contributed by atoms with van der Waals surface area (Å²) in [5.74, 6) is -0.519. The van der Waals surface area contributed by atoms with Gasteiger partial charge in [-0.15, -0.1) is 0 Å². The Morgan fingerprint density at radius 3 is 2.60 bits per heavy atom. The van der Waals surface area contributed by atoms with Gasteiger partial charge in [0.25, 0.3) is 5.91 Å². The molecule has 0 radical (unpaired) electrons. The number of carbonyl (C=O) groups is 2. The Balaban J connectivity index is 2.08. The zero-order valence-electron chi connectivity index (χ0n) is 13.7. The molecule has 3 aromatic rings. The summed E-state index contributed by atoms with van der Waals surface area (Å²) in [6, 6.07) is 12.1. The number of benzene rings is 2. The first-order valence-electron chi connectivity index (χ1n) is 7.61. The summed E-state index contributed by atoms with van der Waals surface area (Å²) in [6.07, 6.45) is -0.234. The molecule has 128 valence electrons. The summed E-state index contributed by atoms with van der Waals surface area (Å²) >= 11 is 6.03. The van der Waals surface area contributed by atoms with E-state index < -0.39 is 5.97 Å². The number of carboxylic acids is 1. The number of aromatic nitrogens is 1.